The number of anilines is 1. The topological polar surface area (TPSA) is 62.5 Å². The predicted molar refractivity (Wildman–Crippen MR) is 76.0 cm³/mol. The normalized spacial score (nSPS) is 19.8. The molecule has 1 unspecified atom stereocenters. The lowest BCUT2D eigenvalue weighted by Gasteiger charge is -2.36. The van der Waals surface area contributed by atoms with Gasteiger partial charge >= 0.3 is 0 Å². The fourth-order valence-corrected chi connectivity index (χ4v) is 2.49. The van der Waals surface area contributed by atoms with Crippen molar-refractivity contribution in [3.05, 3.63) is 23.5 Å². The van der Waals surface area contributed by atoms with E-state index in [-0.39, 0.29) is 5.91 Å². The van der Waals surface area contributed by atoms with E-state index in [1.165, 1.54) is 0 Å². The quantitative estimate of drug-likeness (QED) is 0.868. The first-order valence-electron chi connectivity index (χ1n) is 6.67. The van der Waals surface area contributed by atoms with Crippen LogP contribution in [0.2, 0.25) is 0 Å². The van der Waals surface area contributed by atoms with E-state index in [1.807, 2.05) is 11.8 Å². The highest BCUT2D eigenvalue weighted by Crippen LogP contribution is 2.19. The number of pyridine rings is 1. The van der Waals surface area contributed by atoms with Crippen LogP contribution in [0.3, 0.4) is 0 Å². The minimum Gasteiger partial charge on any atom is -0.398 e. The number of likely N-dealkylation sites (N-methyl/N-ethyl adjacent to an activating group) is 1. The Balaban J connectivity index is 2.15. The van der Waals surface area contributed by atoms with Crippen molar-refractivity contribution in [2.24, 2.45) is 0 Å². The van der Waals surface area contributed by atoms with Gasteiger partial charge in [0.2, 0.25) is 0 Å². The molecule has 0 bridgehead atoms. The number of aromatic nitrogens is 1. The van der Waals surface area contributed by atoms with Crippen LogP contribution in [0.5, 0.6) is 0 Å². The Labute approximate surface area is 114 Å². The summed E-state index contributed by atoms with van der Waals surface area (Å²) in [6.07, 6.45) is 3.76. The minimum absolute atomic E-state index is 0.00319. The second-order valence-electron chi connectivity index (χ2n) is 5.42. The van der Waals surface area contributed by atoms with Gasteiger partial charge in [-0.05, 0) is 39.9 Å². The van der Waals surface area contributed by atoms with Gasteiger partial charge in [-0.3, -0.25) is 9.78 Å². The molecule has 1 atom stereocenters. The number of carbonyl (C=O) groups excluding carboxylic acids is 1. The molecule has 0 aliphatic carbocycles. The molecule has 0 radical (unpaired) electrons. The summed E-state index contributed by atoms with van der Waals surface area (Å²) in [6, 6.07) is 2.18. The van der Waals surface area contributed by atoms with Gasteiger partial charge in [0.15, 0.2) is 0 Å². The SMILES string of the molecule is Cc1cc(N)c(C(=O)N2CCCC(N(C)C)C2)cn1. The molecule has 1 saturated heterocycles. The molecule has 104 valence electrons. The summed E-state index contributed by atoms with van der Waals surface area (Å²) < 4.78 is 0. The van der Waals surface area contributed by atoms with Gasteiger partial charge in [0, 0.05) is 36.7 Å². The largest absolute Gasteiger partial charge is 0.398 e. The standard InChI is InChI=1S/C14H22N4O/c1-10-7-13(15)12(8-16-10)14(19)18-6-4-5-11(9-18)17(2)3/h7-8,11H,4-6,9H2,1-3H3,(H2,15,16). The smallest absolute Gasteiger partial charge is 0.257 e. The maximum atomic E-state index is 12.5. The van der Waals surface area contributed by atoms with E-state index in [1.54, 1.807) is 12.3 Å². The van der Waals surface area contributed by atoms with Gasteiger partial charge in [0.1, 0.15) is 0 Å². The van der Waals surface area contributed by atoms with Crippen molar-refractivity contribution in [3.8, 4) is 0 Å². The van der Waals surface area contributed by atoms with Gasteiger partial charge in [-0.25, -0.2) is 0 Å². The Bertz CT molecular complexity index is 473. The maximum Gasteiger partial charge on any atom is 0.257 e. The van der Waals surface area contributed by atoms with Crippen molar-refractivity contribution < 1.29 is 4.79 Å². The zero-order chi connectivity index (χ0) is 14.0. The Morgan fingerprint density at radius 1 is 1.53 bits per heavy atom. The second-order valence-corrected chi connectivity index (χ2v) is 5.42. The molecule has 2 heterocycles. The molecule has 0 saturated carbocycles. The molecule has 1 aromatic rings. The molecular weight excluding hydrogens is 240 g/mol. The number of hydrogen-bond acceptors (Lipinski definition) is 4. The van der Waals surface area contributed by atoms with Crippen LogP contribution in [0.15, 0.2) is 12.3 Å². The van der Waals surface area contributed by atoms with Crippen molar-refractivity contribution in [1.82, 2.24) is 14.8 Å². The molecule has 1 aromatic heterocycles. The summed E-state index contributed by atoms with van der Waals surface area (Å²) in [5.41, 5.74) is 7.79. The Hall–Kier alpha value is -1.62. The number of likely N-dealkylation sites (tertiary alicyclic amines) is 1. The van der Waals surface area contributed by atoms with Crippen LogP contribution in [0.1, 0.15) is 28.9 Å². The van der Waals surface area contributed by atoms with Gasteiger partial charge in [-0.1, -0.05) is 0 Å². The summed E-state index contributed by atoms with van der Waals surface area (Å²) in [6.45, 7) is 3.43. The lowest BCUT2D eigenvalue weighted by molar-refractivity contribution is 0.0636. The molecular formula is C14H22N4O. The Morgan fingerprint density at radius 2 is 2.26 bits per heavy atom. The van der Waals surface area contributed by atoms with Gasteiger partial charge in [-0.2, -0.15) is 0 Å². The summed E-state index contributed by atoms with van der Waals surface area (Å²) in [5.74, 6) is -0.00319. The summed E-state index contributed by atoms with van der Waals surface area (Å²) in [4.78, 5) is 20.7. The Kier molecular flexibility index (Phi) is 4.04. The monoisotopic (exact) mass is 262 g/mol. The number of piperidine rings is 1. The molecule has 5 heteroatoms. The summed E-state index contributed by atoms with van der Waals surface area (Å²) in [5, 5.41) is 0. The molecule has 1 fully saturated rings. The average molecular weight is 262 g/mol. The third-order valence-electron chi connectivity index (χ3n) is 3.72. The molecule has 19 heavy (non-hydrogen) atoms. The van der Waals surface area contributed by atoms with Crippen molar-refractivity contribution >= 4 is 11.6 Å². The lowest BCUT2D eigenvalue weighted by Crippen LogP contribution is -2.47. The van der Waals surface area contributed by atoms with Crippen molar-refractivity contribution in [3.63, 3.8) is 0 Å². The molecule has 1 aliphatic heterocycles. The van der Waals surface area contributed by atoms with Crippen LogP contribution < -0.4 is 5.73 Å². The molecule has 2 rings (SSSR count). The van der Waals surface area contributed by atoms with Crippen LogP contribution in [-0.2, 0) is 0 Å². The molecule has 0 spiro atoms. The fraction of sp³-hybridized carbons (Fsp3) is 0.571. The van der Waals surface area contributed by atoms with Crippen LogP contribution in [0.4, 0.5) is 5.69 Å². The number of carbonyl (C=O) groups is 1. The number of nitrogens with two attached hydrogens (primary N) is 1. The number of nitrogens with zero attached hydrogens (tertiary/aromatic N) is 3. The molecule has 2 N–H and O–H groups in total. The van der Waals surface area contributed by atoms with E-state index in [4.69, 9.17) is 5.73 Å². The molecule has 1 aliphatic rings. The average Bonchev–Trinajstić information content (AvgIpc) is 2.38. The molecule has 1 amide bonds. The highest BCUT2D eigenvalue weighted by atomic mass is 16.2. The first-order chi connectivity index (χ1) is 8.99. The lowest BCUT2D eigenvalue weighted by atomic mass is 10.0. The van der Waals surface area contributed by atoms with Crippen molar-refractivity contribution in [2.45, 2.75) is 25.8 Å². The van der Waals surface area contributed by atoms with E-state index >= 15 is 0 Å². The maximum absolute atomic E-state index is 12.5. The van der Waals surface area contributed by atoms with Crippen LogP contribution >= 0.6 is 0 Å². The van der Waals surface area contributed by atoms with Gasteiger partial charge in [-0.15, -0.1) is 0 Å². The zero-order valence-corrected chi connectivity index (χ0v) is 11.9. The second kappa shape index (κ2) is 5.57. The van der Waals surface area contributed by atoms with Crippen molar-refractivity contribution in [1.29, 1.82) is 0 Å². The first-order valence-corrected chi connectivity index (χ1v) is 6.67. The Morgan fingerprint density at radius 3 is 2.89 bits per heavy atom. The highest BCUT2D eigenvalue weighted by Gasteiger charge is 2.26. The molecule has 0 aromatic carbocycles. The van der Waals surface area contributed by atoms with Gasteiger partial charge < -0.3 is 15.5 Å². The van der Waals surface area contributed by atoms with Crippen molar-refractivity contribution in [2.75, 3.05) is 32.9 Å². The van der Waals surface area contributed by atoms with E-state index < -0.39 is 0 Å². The third kappa shape index (κ3) is 3.04. The number of hydrogen-bond donors (Lipinski definition) is 1. The van der Waals surface area contributed by atoms with E-state index in [0.717, 1.165) is 31.6 Å². The number of aryl methyl sites for hydroxylation is 1. The first kappa shape index (κ1) is 13.8. The zero-order valence-electron chi connectivity index (χ0n) is 11.9. The molecule has 5 nitrogen and oxygen atoms in total. The van der Waals surface area contributed by atoms with Crippen LogP contribution in [0.25, 0.3) is 0 Å². The number of amides is 1. The predicted octanol–water partition coefficient (Wildman–Crippen LogP) is 1.14. The van der Waals surface area contributed by atoms with E-state index in [2.05, 4.69) is 24.0 Å². The third-order valence-corrected chi connectivity index (χ3v) is 3.72. The van der Waals surface area contributed by atoms with Gasteiger partial charge in [0.05, 0.1) is 5.56 Å². The van der Waals surface area contributed by atoms with E-state index in [9.17, 15) is 4.79 Å². The summed E-state index contributed by atoms with van der Waals surface area (Å²) >= 11 is 0. The fourth-order valence-electron chi connectivity index (χ4n) is 2.49. The minimum atomic E-state index is -0.00319. The summed E-state index contributed by atoms with van der Waals surface area (Å²) in [7, 11) is 4.11. The number of rotatable bonds is 2. The van der Waals surface area contributed by atoms with Crippen LogP contribution in [-0.4, -0.2) is 53.9 Å². The van der Waals surface area contributed by atoms with E-state index in [0.29, 0.717) is 17.3 Å². The van der Waals surface area contributed by atoms with Crippen LogP contribution in [0, 0.1) is 6.92 Å². The highest BCUT2D eigenvalue weighted by molar-refractivity contribution is 5.98. The number of nitrogen functional groups attached to an aromatic ring is 1. The van der Waals surface area contributed by atoms with Gasteiger partial charge in [0.25, 0.3) is 5.91 Å².